The first-order chi connectivity index (χ1) is 8.99. The summed E-state index contributed by atoms with van der Waals surface area (Å²) in [4.78, 5) is 26.3. The van der Waals surface area contributed by atoms with Crippen LogP contribution in [-0.2, 0) is 9.59 Å². The number of carbonyl (C=O) groups is 2. The second-order valence-corrected chi connectivity index (χ2v) is 5.78. The van der Waals surface area contributed by atoms with E-state index in [1.54, 1.807) is 6.20 Å². The normalized spacial score (nSPS) is 18.9. The first-order valence-corrected chi connectivity index (χ1v) is 7.16. The number of amides is 1. The Balaban J connectivity index is 2.28. The van der Waals surface area contributed by atoms with Crippen LogP contribution in [0.1, 0.15) is 37.9 Å². The highest BCUT2D eigenvalue weighted by molar-refractivity contribution is 7.99. The number of aliphatic carboxylic acids is 1. The zero-order valence-electron chi connectivity index (χ0n) is 10.9. The second-order valence-electron chi connectivity index (χ2n) is 4.83. The van der Waals surface area contributed by atoms with Crippen molar-refractivity contribution in [1.29, 1.82) is 0 Å². The Morgan fingerprint density at radius 2 is 2.42 bits per heavy atom. The molecule has 1 aromatic heterocycles. The van der Waals surface area contributed by atoms with Gasteiger partial charge in [-0.2, -0.15) is 0 Å². The number of carboxylic acid groups (broad SMARTS) is 1. The number of carboxylic acids is 1. The molecule has 104 valence electrons. The van der Waals surface area contributed by atoms with Crippen LogP contribution in [0.4, 0.5) is 0 Å². The third-order valence-electron chi connectivity index (χ3n) is 3.03. The smallest absolute Gasteiger partial charge is 0.313 e. The monoisotopic (exact) mass is 283 g/mol. The summed E-state index contributed by atoms with van der Waals surface area (Å²) in [5, 5.41) is 12.2. The maximum absolute atomic E-state index is 11.4. The molecule has 1 amide bonds. The number of rotatable bonds is 5. The average Bonchev–Trinajstić information content (AvgIpc) is 2.91. The third kappa shape index (κ3) is 3.09. The minimum atomic E-state index is -0.869. The van der Waals surface area contributed by atoms with Gasteiger partial charge >= 0.3 is 5.97 Å². The first-order valence-electron chi connectivity index (χ1n) is 6.17. The number of imidazole rings is 1. The molecule has 6 nitrogen and oxygen atoms in total. The topological polar surface area (TPSA) is 84.2 Å². The van der Waals surface area contributed by atoms with E-state index in [4.69, 9.17) is 5.11 Å². The van der Waals surface area contributed by atoms with E-state index in [1.807, 2.05) is 4.57 Å². The van der Waals surface area contributed by atoms with E-state index in [-0.39, 0.29) is 23.6 Å². The van der Waals surface area contributed by atoms with Crippen molar-refractivity contribution in [3.05, 3.63) is 11.9 Å². The Kier molecular flexibility index (Phi) is 4.14. The molecular formula is C12H17N3O3S. The lowest BCUT2D eigenvalue weighted by atomic mass is 10.1. The van der Waals surface area contributed by atoms with E-state index in [0.29, 0.717) is 18.1 Å². The number of carbonyl (C=O) groups excluding carboxylic acids is 1. The highest BCUT2D eigenvalue weighted by Gasteiger charge is 2.28. The van der Waals surface area contributed by atoms with Crippen LogP contribution in [0.15, 0.2) is 11.4 Å². The van der Waals surface area contributed by atoms with Gasteiger partial charge in [-0.05, 0) is 5.92 Å². The standard InChI is InChI=1S/C12H17N3O3S/c1-7(2)9-5-14-12(19-6-11(17)18)15(9)8-3-10(16)13-4-8/h5,7-8H,3-4,6H2,1-2H3,(H,13,16)(H,17,18). The summed E-state index contributed by atoms with van der Waals surface area (Å²) in [6, 6.07) is 0.0312. The van der Waals surface area contributed by atoms with Gasteiger partial charge in [0.25, 0.3) is 0 Å². The van der Waals surface area contributed by atoms with Crippen LogP contribution in [0.3, 0.4) is 0 Å². The van der Waals surface area contributed by atoms with Crippen molar-refractivity contribution in [2.75, 3.05) is 12.3 Å². The summed E-state index contributed by atoms with van der Waals surface area (Å²) in [7, 11) is 0. The summed E-state index contributed by atoms with van der Waals surface area (Å²) in [6.45, 7) is 4.70. The fraction of sp³-hybridized carbons (Fsp3) is 0.583. The van der Waals surface area contributed by atoms with Crippen LogP contribution in [0.2, 0.25) is 0 Å². The predicted molar refractivity (Wildman–Crippen MR) is 71.3 cm³/mol. The minimum absolute atomic E-state index is 0.0252. The summed E-state index contributed by atoms with van der Waals surface area (Å²) < 4.78 is 2.01. The number of aromatic nitrogens is 2. The predicted octanol–water partition coefficient (Wildman–Crippen LogP) is 1.24. The lowest BCUT2D eigenvalue weighted by Crippen LogP contribution is -2.18. The van der Waals surface area contributed by atoms with Crippen molar-refractivity contribution in [3.8, 4) is 0 Å². The van der Waals surface area contributed by atoms with Gasteiger partial charge in [-0.1, -0.05) is 25.6 Å². The summed E-state index contributed by atoms with van der Waals surface area (Å²) in [5.41, 5.74) is 1.04. The molecule has 2 heterocycles. The van der Waals surface area contributed by atoms with Crippen LogP contribution in [0.25, 0.3) is 0 Å². The van der Waals surface area contributed by atoms with Crippen LogP contribution in [0.5, 0.6) is 0 Å². The molecule has 2 N–H and O–H groups in total. The molecule has 0 radical (unpaired) electrons. The minimum Gasteiger partial charge on any atom is -0.481 e. The van der Waals surface area contributed by atoms with Crippen molar-refractivity contribution in [3.63, 3.8) is 0 Å². The van der Waals surface area contributed by atoms with Gasteiger partial charge in [0, 0.05) is 24.9 Å². The van der Waals surface area contributed by atoms with Gasteiger partial charge in [-0.25, -0.2) is 4.98 Å². The average molecular weight is 283 g/mol. The second kappa shape index (κ2) is 5.64. The maximum atomic E-state index is 11.4. The van der Waals surface area contributed by atoms with Crippen molar-refractivity contribution in [1.82, 2.24) is 14.9 Å². The molecule has 1 atom stereocenters. The Labute approximate surface area is 115 Å². The Morgan fingerprint density at radius 3 is 2.95 bits per heavy atom. The molecule has 1 fully saturated rings. The lowest BCUT2D eigenvalue weighted by molar-refractivity contribution is -0.134. The number of thioether (sulfide) groups is 1. The molecule has 2 rings (SSSR count). The molecule has 0 aliphatic carbocycles. The zero-order valence-corrected chi connectivity index (χ0v) is 11.7. The maximum Gasteiger partial charge on any atom is 0.313 e. The van der Waals surface area contributed by atoms with Gasteiger partial charge in [-0.15, -0.1) is 0 Å². The Bertz CT molecular complexity index is 498. The SMILES string of the molecule is CC(C)c1cnc(SCC(=O)O)n1C1CNC(=O)C1. The fourth-order valence-electron chi connectivity index (χ4n) is 2.16. The van der Waals surface area contributed by atoms with E-state index >= 15 is 0 Å². The van der Waals surface area contributed by atoms with E-state index in [2.05, 4.69) is 24.1 Å². The largest absolute Gasteiger partial charge is 0.481 e. The molecule has 19 heavy (non-hydrogen) atoms. The number of hydrogen-bond acceptors (Lipinski definition) is 4. The molecule has 1 aliphatic heterocycles. The summed E-state index contributed by atoms with van der Waals surface area (Å²) in [6.07, 6.45) is 2.20. The van der Waals surface area contributed by atoms with E-state index < -0.39 is 5.97 Å². The number of hydrogen-bond donors (Lipinski definition) is 2. The summed E-state index contributed by atoms with van der Waals surface area (Å²) in [5.74, 6) is -0.584. The molecule has 1 saturated heterocycles. The van der Waals surface area contributed by atoms with E-state index in [1.165, 1.54) is 11.8 Å². The fourth-order valence-corrected chi connectivity index (χ4v) is 2.93. The Morgan fingerprint density at radius 1 is 1.68 bits per heavy atom. The number of nitrogens with zero attached hydrogens (tertiary/aromatic N) is 2. The van der Waals surface area contributed by atoms with Gasteiger partial charge in [0.05, 0.1) is 11.8 Å². The quantitative estimate of drug-likeness (QED) is 0.794. The van der Waals surface area contributed by atoms with Crippen LogP contribution in [0, 0.1) is 0 Å². The van der Waals surface area contributed by atoms with Gasteiger partial charge in [0.15, 0.2) is 5.16 Å². The third-order valence-corrected chi connectivity index (χ3v) is 3.98. The van der Waals surface area contributed by atoms with Gasteiger partial charge in [-0.3, -0.25) is 9.59 Å². The molecule has 1 aliphatic rings. The van der Waals surface area contributed by atoms with Crippen molar-refractivity contribution >= 4 is 23.6 Å². The molecule has 0 aromatic carbocycles. The first kappa shape index (κ1) is 13.9. The van der Waals surface area contributed by atoms with E-state index in [9.17, 15) is 9.59 Å². The van der Waals surface area contributed by atoms with Crippen molar-refractivity contribution in [2.45, 2.75) is 37.4 Å². The highest BCUT2D eigenvalue weighted by Crippen LogP contribution is 2.30. The molecular weight excluding hydrogens is 266 g/mol. The van der Waals surface area contributed by atoms with Crippen molar-refractivity contribution < 1.29 is 14.7 Å². The highest BCUT2D eigenvalue weighted by atomic mass is 32.2. The van der Waals surface area contributed by atoms with Crippen molar-refractivity contribution in [2.24, 2.45) is 0 Å². The van der Waals surface area contributed by atoms with Gasteiger partial charge in [0.1, 0.15) is 0 Å². The molecule has 1 unspecified atom stereocenters. The molecule has 1 aromatic rings. The zero-order chi connectivity index (χ0) is 14.0. The summed E-state index contributed by atoms with van der Waals surface area (Å²) >= 11 is 1.19. The van der Waals surface area contributed by atoms with Crippen LogP contribution >= 0.6 is 11.8 Å². The molecule has 0 saturated carbocycles. The van der Waals surface area contributed by atoms with Gasteiger partial charge < -0.3 is 15.0 Å². The van der Waals surface area contributed by atoms with Crippen LogP contribution < -0.4 is 5.32 Å². The number of nitrogens with one attached hydrogen (secondary N) is 1. The molecule has 0 spiro atoms. The molecule has 7 heteroatoms. The van der Waals surface area contributed by atoms with Crippen LogP contribution in [-0.4, -0.2) is 38.8 Å². The lowest BCUT2D eigenvalue weighted by Gasteiger charge is -2.18. The molecule has 0 bridgehead atoms. The van der Waals surface area contributed by atoms with E-state index in [0.717, 1.165) is 5.69 Å². The van der Waals surface area contributed by atoms with Gasteiger partial charge in [0.2, 0.25) is 5.91 Å². The Hall–Kier alpha value is -1.50.